The van der Waals surface area contributed by atoms with E-state index >= 15 is 0 Å². The average Bonchev–Trinajstić information content (AvgIpc) is 3.10. The van der Waals surface area contributed by atoms with Crippen molar-refractivity contribution in [1.82, 2.24) is 10.3 Å². The van der Waals surface area contributed by atoms with Gasteiger partial charge in [-0.1, -0.05) is 36.4 Å². The first-order chi connectivity index (χ1) is 11.2. The van der Waals surface area contributed by atoms with Gasteiger partial charge in [0.2, 0.25) is 0 Å². The fraction of sp³-hybridized carbons (Fsp3) is 0. The van der Waals surface area contributed by atoms with Gasteiger partial charge in [-0.25, -0.2) is 4.79 Å². The molecule has 0 spiro atoms. The Morgan fingerprint density at radius 2 is 1.57 bits per heavy atom. The van der Waals surface area contributed by atoms with E-state index < -0.39 is 11.9 Å². The fourth-order valence-corrected chi connectivity index (χ4v) is 2.24. The van der Waals surface area contributed by atoms with Crippen LogP contribution >= 0.6 is 0 Å². The van der Waals surface area contributed by atoms with E-state index in [1.165, 1.54) is 0 Å². The lowest BCUT2D eigenvalue weighted by Crippen LogP contribution is -2.34. The van der Waals surface area contributed by atoms with Crippen LogP contribution in [-0.4, -0.2) is 16.9 Å². The second kappa shape index (κ2) is 6.62. The first-order valence-corrected chi connectivity index (χ1v) is 7.14. The third-order valence-corrected chi connectivity index (χ3v) is 3.33. The predicted octanol–water partition coefficient (Wildman–Crippen LogP) is 3.64. The Bertz CT molecular complexity index is 811. The van der Waals surface area contributed by atoms with E-state index in [1.54, 1.807) is 30.3 Å². The molecule has 0 radical (unpaired) electrons. The zero-order valence-corrected chi connectivity index (χ0v) is 12.2. The van der Waals surface area contributed by atoms with Gasteiger partial charge in [0.05, 0.1) is 5.69 Å². The molecular formula is C18H15N3O2. The van der Waals surface area contributed by atoms with Gasteiger partial charge < -0.3 is 10.3 Å². The molecule has 1 aromatic heterocycles. The normalized spacial score (nSPS) is 10.1. The summed E-state index contributed by atoms with van der Waals surface area (Å²) in [6.07, 6.45) is 1.81. The molecule has 0 fully saturated rings. The number of imide groups is 1. The molecule has 23 heavy (non-hydrogen) atoms. The Hall–Kier alpha value is -3.34. The Morgan fingerprint density at radius 1 is 0.826 bits per heavy atom. The van der Waals surface area contributed by atoms with E-state index in [-0.39, 0.29) is 0 Å². The summed E-state index contributed by atoms with van der Waals surface area (Å²) in [5.74, 6) is -0.444. The number of amides is 3. The quantitative estimate of drug-likeness (QED) is 0.691. The minimum absolute atomic E-state index is 0.431. The van der Waals surface area contributed by atoms with E-state index in [1.807, 2.05) is 42.6 Å². The number of benzene rings is 2. The molecule has 3 N–H and O–H groups in total. The molecule has 0 aliphatic carbocycles. The zero-order valence-electron chi connectivity index (χ0n) is 12.2. The molecule has 0 bridgehead atoms. The summed E-state index contributed by atoms with van der Waals surface area (Å²) in [5, 5.41) is 5.03. The van der Waals surface area contributed by atoms with Gasteiger partial charge in [-0.05, 0) is 30.3 Å². The van der Waals surface area contributed by atoms with Crippen LogP contribution in [0, 0.1) is 0 Å². The van der Waals surface area contributed by atoms with Crippen LogP contribution in [0.5, 0.6) is 0 Å². The number of aromatic nitrogens is 1. The van der Waals surface area contributed by atoms with Gasteiger partial charge in [0.25, 0.3) is 5.91 Å². The number of carbonyl (C=O) groups excluding carboxylic acids is 2. The smallest absolute Gasteiger partial charge is 0.326 e. The minimum Gasteiger partial charge on any atom is -0.361 e. The third kappa shape index (κ3) is 3.47. The second-order valence-corrected chi connectivity index (χ2v) is 4.90. The lowest BCUT2D eigenvalue weighted by molar-refractivity contribution is 0.0967. The summed E-state index contributed by atoms with van der Waals surface area (Å²) >= 11 is 0. The Morgan fingerprint density at radius 3 is 2.30 bits per heavy atom. The maximum Gasteiger partial charge on any atom is 0.326 e. The molecule has 0 atom stereocenters. The number of H-pyrrole nitrogens is 1. The fourth-order valence-electron chi connectivity index (χ4n) is 2.24. The van der Waals surface area contributed by atoms with Crippen molar-refractivity contribution in [2.45, 2.75) is 0 Å². The number of hydrogen-bond donors (Lipinski definition) is 3. The number of urea groups is 1. The second-order valence-electron chi connectivity index (χ2n) is 4.90. The van der Waals surface area contributed by atoms with Crippen LogP contribution in [0.15, 0.2) is 72.9 Å². The van der Waals surface area contributed by atoms with E-state index in [0.717, 1.165) is 11.3 Å². The number of hydrogen-bond acceptors (Lipinski definition) is 2. The lowest BCUT2D eigenvalue weighted by atomic mass is 10.1. The number of nitrogens with one attached hydrogen (secondary N) is 3. The van der Waals surface area contributed by atoms with Crippen molar-refractivity contribution in [2.75, 3.05) is 5.32 Å². The van der Waals surface area contributed by atoms with Crippen LogP contribution < -0.4 is 10.6 Å². The van der Waals surface area contributed by atoms with Crippen molar-refractivity contribution < 1.29 is 9.59 Å². The van der Waals surface area contributed by atoms with Gasteiger partial charge >= 0.3 is 6.03 Å². The van der Waals surface area contributed by atoms with Crippen molar-refractivity contribution >= 4 is 17.6 Å². The molecular weight excluding hydrogens is 290 g/mol. The standard InChI is InChI=1S/C18H15N3O2/c22-17(13-7-2-1-3-8-13)21-18(23)20-16-10-5-4-9-14(16)15-11-6-12-19-15/h1-12,19H,(H2,20,21,22,23). The Labute approximate surface area is 133 Å². The van der Waals surface area contributed by atoms with Crippen molar-refractivity contribution in [2.24, 2.45) is 0 Å². The summed E-state index contributed by atoms with van der Waals surface area (Å²) in [5.41, 5.74) is 2.78. The van der Waals surface area contributed by atoms with Gasteiger partial charge in [-0.3, -0.25) is 10.1 Å². The molecule has 3 aromatic rings. The van der Waals surface area contributed by atoms with Crippen LogP contribution in [0.1, 0.15) is 10.4 Å². The van der Waals surface area contributed by atoms with E-state index in [2.05, 4.69) is 15.6 Å². The highest BCUT2D eigenvalue weighted by Crippen LogP contribution is 2.26. The molecule has 5 nitrogen and oxygen atoms in total. The highest BCUT2D eigenvalue weighted by atomic mass is 16.2. The summed E-state index contributed by atoms with van der Waals surface area (Å²) < 4.78 is 0. The SMILES string of the molecule is O=C(NC(=O)c1ccccc1)Nc1ccccc1-c1ccc[nH]1. The summed E-state index contributed by atoms with van der Waals surface area (Å²) in [6, 6.07) is 19.2. The molecule has 3 amide bonds. The molecule has 0 saturated carbocycles. The number of anilines is 1. The van der Waals surface area contributed by atoms with Crippen LogP contribution in [0.25, 0.3) is 11.3 Å². The lowest BCUT2D eigenvalue weighted by Gasteiger charge is -2.10. The Kier molecular flexibility index (Phi) is 4.20. The molecule has 1 heterocycles. The van der Waals surface area contributed by atoms with Gasteiger partial charge in [-0.2, -0.15) is 0 Å². The minimum atomic E-state index is -0.571. The van der Waals surface area contributed by atoms with E-state index in [9.17, 15) is 9.59 Å². The number of carbonyl (C=O) groups is 2. The van der Waals surface area contributed by atoms with Crippen molar-refractivity contribution in [3.63, 3.8) is 0 Å². The van der Waals surface area contributed by atoms with Crippen molar-refractivity contribution in [3.05, 3.63) is 78.5 Å². The molecule has 114 valence electrons. The highest BCUT2D eigenvalue weighted by molar-refractivity contribution is 6.08. The average molecular weight is 305 g/mol. The summed E-state index contributed by atoms with van der Waals surface area (Å²) in [4.78, 5) is 27.1. The molecule has 0 unspecified atom stereocenters. The van der Waals surface area contributed by atoms with Gasteiger partial charge in [-0.15, -0.1) is 0 Å². The number of rotatable bonds is 3. The van der Waals surface area contributed by atoms with E-state index in [0.29, 0.717) is 11.3 Å². The molecule has 0 aliphatic heterocycles. The summed E-state index contributed by atoms with van der Waals surface area (Å²) in [6.45, 7) is 0. The first kappa shape index (κ1) is 14.6. The molecule has 0 saturated heterocycles. The van der Waals surface area contributed by atoms with Crippen LogP contribution in [-0.2, 0) is 0 Å². The molecule has 3 rings (SSSR count). The monoisotopic (exact) mass is 305 g/mol. The number of aromatic amines is 1. The molecule has 5 heteroatoms. The van der Waals surface area contributed by atoms with Gasteiger partial charge in [0.15, 0.2) is 0 Å². The van der Waals surface area contributed by atoms with Gasteiger partial charge in [0, 0.05) is 23.0 Å². The third-order valence-electron chi connectivity index (χ3n) is 3.33. The van der Waals surface area contributed by atoms with Crippen LogP contribution in [0.3, 0.4) is 0 Å². The van der Waals surface area contributed by atoms with E-state index in [4.69, 9.17) is 0 Å². The van der Waals surface area contributed by atoms with Crippen molar-refractivity contribution in [1.29, 1.82) is 0 Å². The highest BCUT2D eigenvalue weighted by Gasteiger charge is 2.12. The topological polar surface area (TPSA) is 74.0 Å². The maximum atomic E-state index is 12.1. The van der Waals surface area contributed by atoms with Crippen LogP contribution in [0.2, 0.25) is 0 Å². The van der Waals surface area contributed by atoms with Crippen LogP contribution in [0.4, 0.5) is 10.5 Å². The largest absolute Gasteiger partial charge is 0.361 e. The first-order valence-electron chi connectivity index (χ1n) is 7.14. The predicted molar refractivity (Wildman–Crippen MR) is 89.2 cm³/mol. The molecule has 0 aliphatic rings. The molecule has 2 aromatic carbocycles. The van der Waals surface area contributed by atoms with Gasteiger partial charge in [0.1, 0.15) is 0 Å². The zero-order chi connectivity index (χ0) is 16.1. The summed E-state index contributed by atoms with van der Waals surface area (Å²) in [7, 11) is 0. The Balaban J connectivity index is 1.73. The van der Waals surface area contributed by atoms with Crippen molar-refractivity contribution in [3.8, 4) is 11.3 Å². The number of para-hydroxylation sites is 1. The maximum absolute atomic E-state index is 12.1.